The van der Waals surface area contributed by atoms with Gasteiger partial charge in [-0.15, -0.1) is 0 Å². The summed E-state index contributed by atoms with van der Waals surface area (Å²) in [5.41, 5.74) is 3.89. The van der Waals surface area contributed by atoms with Crippen LogP contribution in [-0.4, -0.2) is 29.0 Å². The lowest BCUT2D eigenvalue weighted by Gasteiger charge is -2.09. The maximum Gasteiger partial charge on any atom is 0.295 e. The zero-order valence-corrected chi connectivity index (χ0v) is 19.3. The fourth-order valence-electron chi connectivity index (χ4n) is 3.93. The summed E-state index contributed by atoms with van der Waals surface area (Å²) in [6.45, 7) is 0.324. The summed E-state index contributed by atoms with van der Waals surface area (Å²) < 4.78 is 28.8. The Morgan fingerprint density at radius 2 is 1.43 bits per heavy atom. The number of amides is 1. The third-order valence-electron chi connectivity index (χ3n) is 5.69. The maximum atomic E-state index is 12.9. The molecule has 1 aromatic heterocycles. The molecule has 0 unspecified atom stereocenters. The number of nitrogens with zero attached hydrogens (tertiary/aromatic N) is 2. The van der Waals surface area contributed by atoms with Gasteiger partial charge in [-0.1, -0.05) is 78.9 Å². The van der Waals surface area contributed by atoms with E-state index in [1.54, 1.807) is 34.9 Å². The van der Waals surface area contributed by atoms with Crippen LogP contribution in [0.5, 0.6) is 6.01 Å². The number of carbonyl (C=O) groups excluding carboxylic acids is 1. The lowest BCUT2D eigenvalue weighted by Crippen LogP contribution is -2.30. The number of benzene rings is 4. The number of hydrogen-bond donors (Lipinski definition) is 2. The second-order valence-electron chi connectivity index (χ2n) is 7.98. The molecule has 0 fully saturated rings. The van der Waals surface area contributed by atoms with Crippen LogP contribution in [0.4, 0.5) is 0 Å². The van der Waals surface area contributed by atoms with Crippen LogP contribution in [0.25, 0.3) is 22.2 Å². The number of fused-ring (bicyclic) bond motifs is 1. The van der Waals surface area contributed by atoms with Crippen molar-refractivity contribution < 1.29 is 18.3 Å². The maximum absolute atomic E-state index is 12.9. The average molecular weight is 484 g/mol. The molecule has 5 rings (SSSR count). The first kappa shape index (κ1) is 22.4. The molecule has 0 aliphatic carbocycles. The topological polar surface area (TPSA) is 101 Å². The number of sulfonamides is 1. The van der Waals surface area contributed by atoms with Crippen LogP contribution in [0.15, 0.2) is 108 Å². The predicted molar refractivity (Wildman–Crippen MR) is 133 cm³/mol. The van der Waals surface area contributed by atoms with Crippen molar-refractivity contribution in [3.05, 3.63) is 114 Å². The van der Waals surface area contributed by atoms with Crippen molar-refractivity contribution in [2.24, 2.45) is 0 Å². The number of carbonyl (C=O) groups is 1. The van der Waals surface area contributed by atoms with Crippen molar-refractivity contribution in [2.75, 3.05) is 0 Å². The number of nitrogens with one attached hydrogen (secondary N) is 1. The van der Waals surface area contributed by atoms with Gasteiger partial charge in [-0.05, 0) is 41.0 Å². The smallest absolute Gasteiger partial charge is 0.295 e. The summed E-state index contributed by atoms with van der Waals surface area (Å²) in [4.78, 5) is 17.0. The molecule has 0 radical (unpaired) electrons. The summed E-state index contributed by atoms with van der Waals surface area (Å²) in [6, 6.07) is 30.2. The Balaban J connectivity index is 1.43. The number of para-hydroxylation sites is 1. The zero-order chi connectivity index (χ0) is 24.4. The van der Waals surface area contributed by atoms with Crippen LogP contribution < -0.4 is 4.72 Å². The molecule has 174 valence electrons. The monoisotopic (exact) mass is 483 g/mol. The van der Waals surface area contributed by atoms with Gasteiger partial charge in [0.15, 0.2) is 0 Å². The van der Waals surface area contributed by atoms with Crippen LogP contribution in [0.2, 0.25) is 0 Å². The highest BCUT2D eigenvalue weighted by Gasteiger charge is 2.22. The molecule has 4 aromatic carbocycles. The Morgan fingerprint density at radius 3 is 2.11 bits per heavy atom. The lowest BCUT2D eigenvalue weighted by molar-refractivity contribution is 0.0983. The number of aromatic hydroxyl groups is 1. The quantitative estimate of drug-likeness (QED) is 0.368. The van der Waals surface area contributed by atoms with Gasteiger partial charge in [-0.2, -0.15) is 4.98 Å². The van der Waals surface area contributed by atoms with E-state index in [-0.39, 0.29) is 22.0 Å². The molecule has 2 N–H and O–H groups in total. The molecular weight excluding hydrogens is 462 g/mol. The summed E-state index contributed by atoms with van der Waals surface area (Å²) in [5.74, 6) is -0.823. The fraction of sp³-hybridized carbons (Fsp3) is 0.0370. The highest BCUT2D eigenvalue weighted by Crippen LogP contribution is 2.26. The van der Waals surface area contributed by atoms with E-state index in [2.05, 4.69) is 9.71 Å². The van der Waals surface area contributed by atoms with Gasteiger partial charge in [0.05, 0.1) is 22.5 Å². The van der Waals surface area contributed by atoms with E-state index in [1.165, 1.54) is 18.2 Å². The molecule has 7 nitrogen and oxygen atoms in total. The molecule has 5 aromatic rings. The molecular formula is C27H21N3O4S. The normalized spacial score (nSPS) is 11.4. The zero-order valence-electron chi connectivity index (χ0n) is 18.5. The molecule has 0 saturated carbocycles. The third-order valence-corrected chi connectivity index (χ3v) is 7.03. The Bertz CT molecular complexity index is 1610. The van der Waals surface area contributed by atoms with Crippen LogP contribution in [0.1, 0.15) is 15.9 Å². The molecule has 0 aliphatic heterocycles. The van der Waals surface area contributed by atoms with E-state index in [9.17, 15) is 18.3 Å². The van der Waals surface area contributed by atoms with Gasteiger partial charge in [-0.25, -0.2) is 13.1 Å². The lowest BCUT2D eigenvalue weighted by atomic mass is 10.0. The fourth-order valence-corrected chi connectivity index (χ4v) is 4.91. The first-order valence-corrected chi connectivity index (χ1v) is 12.4. The summed E-state index contributed by atoms with van der Waals surface area (Å²) in [5, 5.41) is 10.5. The first-order chi connectivity index (χ1) is 16.9. The second kappa shape index (κ2) is 9.08. The van der Waals surface area contributed by atoms with Gasteiger partial charge in [0.1, 0.15) is 5.52 Å². The van der Waals surface area contributed by atoms with E-state index < -0.39 is 15.9 Å². The highest BCUT2D eigenvalue weighted by atomic mass is 32.2. The number of hydrogen-bond acceptors (Lipinski definition) is 5. The van der Waals surface area contributed by atoms with E-state index in [0.29, 0.717) is 12.1 Å². The molecule has 0 saturated heterocycles. The predicted octanol–water partition coefficient (Wildman–Crippen LogP) is 4.58. The molecule has 0 atom stereocenters. The second-order valence-corrected chi connectivity index (χ2v) is 9.66. The van der Waals surface area contributed by atoms with Crippen molar-refractivity contribution in [2.45, 2.75) is 11.4 Å². The van der Waals surface area contributed by atoms with Crippen molar-refractivity contribution in [1.82, 2.24) is 14.3 Å². The van der Waals surface area contributed by atoms with E-state index >= 15 is 0 Å². The van der Waals surface area contributed by atoms with E-state index in [4.69, 9.17) is 0 Å². The number of imidazole rings is 1. The Morgan fingerprint density at radius 1 is 0.800 bits per heavy atom. The SMILES string of the molecule is O=C(NS(=O)(=O)c1ccccc1)c1cccc2c1nc(O)n2Cc1ccc(-c2ccccc2)cc1. The van der Waals surface area contributed by atoms with Crippen LogP contribution in [-0.2, 0) is 16.6 Å². The van der Waals surface area contributed by atoms with Crippen LogP contribution >= 0.6 is 0 Å². The summed E-state index contributed by atoms with van der Waals surface area (Å²) >= 11 is 0. The minimum atomic E-state index is -4.05. The molecule has 8 heteroatoms. The Kier molecular flexibility index (Phi) is 5.80. The van der Waals surface area contributed by atoms with Crippen molar-refractivity contribution in [3.63, 3.8) is 0 Å². The largest absolute Gasteiger partial charge is 0.480 e. The van der Waals surface area contributed by atoms with Gasteiger partial charge in [-0.3, -0.25) is 9.36 Å². The molecule has 1 amide bonds. The van der Waals surface area contributed by atoms with Gasteiger partial charge in [0, 0.05) is 0 Å². The number of aromatic nitrogens is 2. The number of rotatable bonds is 6. The van der Waals surface area contributed by atoms with Crippen molar-refractivity contribution in [1.29, 1.82) is 0 Å². The van der Waals surface area contributed by atoms with Crippen molar-refractivity contribution >= 4 is 27.0 Å². The molecule has 1 heterocycles. The van der Waals surface area contributed by atoms with Crippen molar-refractivity contribution in [3.8, 4) is 17.1 Å². The summed E-state index contributed by atoms with van der Waals surface area (Å²) in [7, 11) is -4.05. The van der Waals surface area contributed by atoms with E-state index in [0.717, 1.165) is 16.7 Å². The van der Waals surface area contributed by atoms with Crippen LogP contribution in [0, 0.1) is 0 Å². The minimum Gasteiger partial charge on any atom is -0.480 e. The molecule has 0 aliphatic rings. The highest BCUT2D eigenvalue weighted by molar-refractivity contribution is 7.90. The Hall–Kier alpha value is -4.43. The summed E-state index contributed by atoms with van der Waals surface area (Å²) in [6.07, 6.45) is 0. The Labute approximate surface area is 202 Å². The van der Waals surface area contributed by atoms with Gasteiger partial charge in [0.25, 0.3) is 21.9 Å². The molecule has 35 heavy (non-hydrogen) atoms. The van der Waals surface area contributed by atoms with E-state index in [1.807, 2.05) is 54.6 Å². The van der Waals surface area contributed by atoms with Gasteiger partial charge >= 0.3 is 0 Å². The molecule has 0 spiro atoms. The first-order valence-electron chi connectivity index (χ1n) is 10.9. The van der Waals surface area contributed by atoms with Gasteiger partial charge in [0.2, 0.25) is 0 Å². The van der Waals surface area contributed by atoms with Gasteiger partial charge < -0.3 is 5.11 Å². The average Bonchev–Trinajstić information content (AvgIpc) is 3.20. The van der Waals surface area contributed by atoms with Crippen LogP contribution in [0.3, 0.4) is 0 Å². The molecule has 0 bridgehead atoms. The minimum absolute atomic E-state index is 0.0205. The standard InChI is InChI=1S/C27H21N3O4S/c31-26(29-35(33,34)22-10-5-2-6-11-22)23-12-7-13-24-25(23)28-27(32)30(24)18-19-14-16-21(17-15-19)20-8-3-1-4-9-20/h1-17H,18H2,(H,28,32)(H,29,31). The third kappa shape index (κ3) is 4.51.